The van der Waals surface area contributed by atoms with Crippen molar-refractivity contribution >= 4 is 11.9 Å². The highest BCUT2D eigenvalue weighted by molar-refractivity contribution is 5.44. The highest BCUT2D eigenvalue weighted by Gasteiger charge is 2.32. The molecule has 0 amide bonds. The van der Waals surface area contributed by atoms with Crippen LogP contribution in [0.5, 0.6) is 0 Å². The molecule has 1 heterocycles. The monoisotopic (exact) mass is 188 g/mol. The Morgan fingerprint density at radius 1 is 1.38 bits per heavy atom. The van der Waals surface area contributed by atoms with Gasteiger partial charge in [-0.05, 0) is 12.1 Å². The molecule has 0 fully saturated rings. The third-order valence-corrected chi connectivity index (χ3v) is 1.19. The minimum absolute atomic E-state index is 0.301. The van der Waals surface area contributed by atoms with Crippen molar-refractivity contribution in [3.05, 3.63) is 23.9 Å². The summed E-state index contributed by atoms with van der Waals surface area (Å²) in [5, 5.41) is 0. The summed E-state index contributed by atoms with van der Waals surface area (Å²) in [6, 6.07) is 3.09. The van der Waals surface area contributed by atoms with Crippen molar-refractivity contribution in [2.45, 2.75) is 6.18 Å². The Hall–Kier alpha value is -1.68. The largest absolute Gasteiger partial charge is 0.433 e. The minimum Gasteiger partial charge on any atom is -0.223 e. The summed E-state index contributed by atoms with van der Waals surface area (Å²) in [5.41, 5.74) is -1.08. The molecular weight excluding hydrogens is 185 g/mol. The molecule has 0 aliphatic rings. The molecular formula is C7H3F3N2O. The van der Waals surface area contributed by atoms with Crippen molar-refractivity contribution in [2.75, 3.05) is 0 Å². The quantitative estimate of drug-likeness (QED) is 0.500. The normalized spacial score (nSPS) is 10.7. The number of carbonyl (C=O) groups excluding carboxylic acids is 1. The number of nitrogens with zero attached hydrogens (tertiary/aromatic N) is 2. The van der Waals surface area contributed by atoms with Crippen molar-refractivity contribution in [3.63, 3.8) is 0 Å². The maximum atomic E-state index is 12.0. The molecule has 0 bridgehead atoms. The second-order valence-electron chi connectivity index (χ2n) is 2.08. The Labute approximate surface area is 70.9 Å². The highest BCUT2D eigenvalue weighted by atomic mass is 19.4. The molecule has 3 nitrogen and oxygen atoms in total. The summed E-state index contributed by atoms with van der Waals surface area (Å²) in [7, 11) is 0. The molecule has 0 aliphatic heterocycles. The van der Waals surface area contributed by atoms with E-state index >= 15 is 0 Å². The number of halogens is 3. The van der Waals surface area contributed by atoms with Gasteiger partial charge in [0.2, 0.25) is 6.08 Å². The van der Waals surface area contributed by atoms with E-state index < -0.39 is 11.9 Å². The highest BCUT2D eigenvalue weighted by Crippen LogP contribution is 2.28. The molecule has 68 valence electrons. The van der Waals surface area contributed by atoms with Crippen LogP contribution in [-0.4, -0.2) is 11.1 Å². The summed E-state index contributed by atoms with van der Waals surface area (Å²) in [5.74, 6) is -0.301. The SMILES string of the molecule is O=C=Nc1cccc(C(F)(F)F)n1. The molecule has 0 unspecified atom stereocenters. The van der Waals surface area contributed by atoms with E-state index in [0.717, 1.165) is 18.2 Å². The maximum Gasteiger partial charge on any atom is 0.433 e. The average Bonchev–Trinajstić information content (AvgIpc) is 2.04. The first-order valence-electron chi connectivity index (χ1n) is 3.16. The van der Waals surface area contributed by atoms with Crippen LogP contribution in [0.1, 0.15) is 5.69 Å². The van der Waals surface area contributed by atoms with Crippen molar-refractivity contribution in [1.82, 2.24) is 4.98 Å². The molecule has 1 rings (SSSR count). The molecule has 1 aromatic heterocycles. The fourth-order valence-electron chi connectivity index (χ4n) is 0.690. The molecule has 0 atom stereocenters. The number of pyridine rings is 1. The summed E-state index contributed by atoms with van der Waals surface area (Å²) < 4.78 is 36.0. The first kappa shape index (κ1) is 9.41. The lowest BCUT2D eigenvalue weighted by Gasteiger charge is -2.04. The Balaban J connectivity index is 3.12. The van der Waals surface area contributed by atoms with Gasteiger partial charge in [0.1, 0.15) is 5.69 Å². The number of aromatic nitrogens is 1. The smallest absolute Gasteiger partial charge is 0.223 e. The van der Waals surface area contributed by atoms with Crippen LogP contribution in [-0.2, 0) is 11.0 Å². The number of hydrogen-bond donors (Lipinski definition) is 0. The van der Waals surface area contributed by atoms with Gasteiger partial charge in [-0.3, -0.25) is 0 Å². The van der Waals surface area contributed by atoms with Gasteiger partial charge in [0.05, 0.1) is 0 Å². The van der Waals surface area contributed by atoms with Crippen molar-refractivity contribution in [3.8, 4) is 0 Å². The van der Waals surface area contributed by atoms with Gasteiger partial charge in [-0.25, -0.2) is 9.78 Å². The Bertz CT molecular complexity index is 355. The van der Waals surface area contributed by atoms with Gasteiger partial charge in [0.15, 0.2) is 5.82 Å². The zero-order valence-corrected chi connectivity index (χ0v) is 6.17. The predicted octanol–water partition coefficient (Wildman–Crippen LogP) is 2.07. The molecule has 1 aromatic rings. The first-order chi connectivity index (χ1) is 6.04. The minimum atomic E-state index is -4.52. The first-order valence-corrected chi connectivity index (χ1v) is 3.16. The van der Waals surface area contributed by atoms with E-state index in [1.807, 2.05) is 0 Å². The molecule has 0 saturated heterocycles. The van der Waals surface area contributed by atoms with Crippen LogP contribution in [0.25, 0.3) is 0 Å². The van der Waals surface area contributed by atoms with Crippen LogP contribution in [0.15, 0.2) is 23.2 Å². The molecule has 0 spiro atoms. The number of rotatable bonds is 1. The molecule has 6 heteroatoms. The van der Waals surface area contributed by atoms with Gasteiger partial charge >= 0.3 is 6.18 Å². The van der Waals surface area contributed by atoms with E-state index in [9.17, 15) is 18.0 Å². The number of alkyl halides is 3. The van der Waals surface area contributed by atoms with Gasteiger partial charge in [0.25, 0.3) is 0 Å². The second-order valence-corrected chi connectivity index (χ2v) is 2.08. The van der Waals surface area contributed by atoms with E-state index in [-0.39, 0.29) is 5.82 Å². The van der Waals surface area contributed by atoms with Gasteiger partial charge in [-0.1, -0.05) is 6.07 Å². The van der Waals surface area contributed by atoms with Crippen LogP contribution in [0.3, 0.4) is 0 Å². The van der Waals surface area contributed by atoms with Crippen molar-refractivity contribution < 1.29 is 18.0 Å². The van der Waals surface area contributed by atoms with Gasteiger partial charge in [-0.2, -0.15) is 13.2 Å². The Morgan fingerprint density at radius 2 is 2.08 bits per heavy atom. The number of isocyanates is 1. The zero-order valence-electron chi connectivity index (χ0n) is 6.17. The topological polar surface area (TPSA) is 42.3 Å². The van der Waals surface area contributed by atoms with Crippen molar-refractivity contribution in [1.29, 1.82) is 0 Å². The molecule has 0 N–H and O–H groups in total. The van der Waals surface area contributed by atoms with Crippen LogP contribution in [0.2, 0.25) is 0 Å². The molecule has 0 radical (unpaired) electrons. The lowest BCUT2D eigenvalue weighted by molar-refractivity contribution is -0.141. The summed E-state index contributed by atoms with van der Waals surface area (Å²) >= 11 is 0. The summed E-state index contributed by atoms with van der Waals surface area (Å²) in [6.45, 7) is 0. The fourth-order valence-corrected chi connectivity index (χ4v) is 0.690. The van der Waals surface area contributed by atoms with E-state index in [0.29, 0.717) is 0 Å². The van der Waals surface area contributed by atoms with Gasteiger partial charge in [0, 0.05) is 0 Å². The van der Waals surface area contributed by atoms with Gasteiger partial charge < -0.3 is 0 Å². The fraction of sp³-hybridized carbons (Fsp3) is 0.143. The van der Waals surface area contributed by atoms with E-state index in [1.54, 1.807) is 0 Å². The third-order valence-electron chi connectivity index (χ3n) is 1.19. The maximum absolute atomic E-state index is 12.0. The lowest BCUT2D eigenvalue weighted by Crippen LogP contribution is -2.06. The van der Waals surface area contributed by atoms with Crippen molar-refractivity contribution in [2.24, 2.45) is 4.99 Å². The third kappa shape index (κ3) is 2.38. The standard InChI is InChI=1S/C7H3F3N2O/c8-7(9,10)5-2-1-3-6(12-5)11-4-13/h1-3H. The molecule has 0 aromatic carbocycles. The van der Waals surface area contributed by atoms with Gasteiger partial charge in [-0.15, -0.1) is 4.99 Å². The molecule has 13 heavy (non-hydrogen) atoms. The number of aliphatic imine (C=N–C) groups is 1. The van der Waals surface area contributed by atoms with E-state index in [4.69, 9.17) is 0 Å². The molecule has 0 saturated carbocycles. The predicted molar refractivity (Wildman–Crippen MR) is 37.0 cm³/mol. The van der Waals surface area contributed by atoms with Crippen LogP contribution in [0, 0.1) is 0 Å². The van der Waals surface area contributed by atoms with Crippen LogP contribution < -0.4 is 0 Å². The number of hydrogen-bond acceptors (Lipinski definition) is 3. The van der Waals surface area contributed by atoms with E-state index in [2.05, 4.69) is 9.98 Å². The second kappa shape index (κ2) is 3.37. The van der Waals surface area contributed by atoms with Crippen LogP contribution >= 0.6 is 0 Å². The van der Waals surface area contributed by atoms with Crippen LogP contribution in [0.4, 0.5) is 19.0 Å². The van der Waals surface area contributed by atoms with E-state index in [1.165, 1.54) is 6.07 Å². The average molecular weight is 188 g/mol. The summed E-state index contributed by atoms with van der Waals surface area (Å²) in [4.78, 5) is 15.8. The summed E-state index contributed by atoms with van der Waals surface area (Å²) in [6.07, 6.45) is -3.41. The Kier molecular flexibility index (Phi) is 2.44. The Morgan fingerprint density at radius 3 is 2.62 bits per heavy atom. The zero-order chi connectivity index (χ0) is 9.90. The molecule has 0 aliphatic carbocycles. The lowest BCUT2D eigenvalue weighted by atomic mass is 10.3.